The Labute approximate surface area is 126 Å². The van der Waals surface area contributed by atoms with E-state index in [0.717, 1.165) is 16.8 Å². The zero-order valence-corrected chi connectivity index (χ0v) is 14.9. The molecule has 0 aliphatic rings. The van der Waals surface area contributed by atoms with Gasteiger partial charge in [-0.1, -0.05) is 38.4 Å². The monoisotopic (exact) mass is 290 g/mol. The summed E-state index contributed by atoms with van der Waals surface area (Å²) in [5, 5.41) is 0.221. The predicted molar refractivity (Wildman–Crippen MR) is 89.8 cm³/mol. The van der Waals surface area contributed by atoms with Crippen LogP contribution in [0, 0.1) is 6.92 Å². The molecule has 4 heteroatoms. The van der Waals surface area contributed by atoms with E-state index in [1.165, 1.54) is 0 Å². The van der Waals surface area contributed by atoms with Crippen LogP contribution in [0.5, 0.6) is 5.75 Å². The number of ether oxygens (including phenoxy) is 1. The lowest BCUT2D eigenvalue weighted by Crippen LogP contribution is -2.44. The lowest BCUT2D eigenvalue weighted by Gasteiger charge is -2.38. The molecule has 0 N–H and O–H groups in total. The van der Waals surface area contributed by atoms with Crippen molar-refractivity contribution in [2.75, 3.05) is 6.61 Å². The molecule has 0 aromatic heterocycles. The molecular formula is C16H27BO2Si. The van der Waals surface area contributed by atoms with Crippen LogP contribution < -0.4 is 10.2 Å². The summed E-state index contributed by atoms with van der Waals surface area (Å²) in [5.74, 6) is 0.880. The fourth-order valence-electron chi connectivity index (χ4n) is 1.76. The zero-order chi connectivity index (χ0) is 15.6. The fraction of sp³-hybridized carbons (Fsp3) is 0.625. The average molecular weight is 290 g/mol. The highest BCUT2D eigenvalue weighted by molar-refractivity contribution is 6.74. The Morgan fingerprint density at radius 1 is 1.25 bits per heavy atom. The SMILES string of the molecule is [B]c1ccc(OCC(C)O[Si](C)(C)C(C)(C)C)c(C)c1. The molecule has 0 aliphatic carbocycles. The highest BCUT2D eigenvalue weighted by Crippen LogP contribution is 2.37. The number of rotatable bonds is 5. The van der Waals surface area contributed by atoms with Gasteiger partial charge in [-0.05, 0) is 43.6 Å². The molecule has 0 bridgehead atoms. The molecule has 2 radical (unpaired) electrons. The molecule has 1 atom stereocenters. The zero-order valence-electron chi connectivity index (χ0n) is 13.9. The van der Waals surface area contributed by atoms with Crippen LogP contribution in [0.2, 0.25) is 18.1 Å². The minimum absolute atomic E-state index is 0.0906. The molecule has 1 aromatic carbocycles. The highest BCUT2D eigenvalue weighted by Gasteiger charge is 2.38. The molecule has 0 fully saturated rings. The quantitative estimate of drug-likeness (QED) is 0.772. The lowest BCUT2D eigenvalue weighted by molar-refractivity contribution is 0.129. The van der Waals surface area contributed by atoms with E-state index in [1.807, 2.05) is 25.1 Å². The van der Waals surface area contributed by atoms with Crippen LogP contribution in [-0.4, -0.2) is 28.9 Å². The van der Waals surface area contributed by atoms with Gasteiger partial charge in [0.2, 0.25) is 0 Å². The number of hydrogen-bond acceptors (Lipinski definition) is 2. The van der Waals surface area contributed by atoms with Gasteiger partial charge in [-0.25, -0.2) is 0 Å². The van der Waals surface area contributed by atoms with E-state index in [2.05, 4.69) is 40.8 Å². The van der Waals surface area contributed by atoms with Crippen molar-refractivity contribution in [3.05, 3.63) is 23.8 Å². The number of hydrogen-bond donors (Lipinski definition) is 0. The third-order valence-corrected chi connectivity index (χ3v) is 8.58. The molecule has 0 saturated carbocycles. The van der Waals surface area contributed by atoms with Gasteiger partial charge in [0.05, 0.1) is 6.10 Å². The Balaban J connectivity index is 2.58. The Kier molecular flexibility index (Phi) is 5.50. The van der Waals surface area contributed by atoms with Gasteiger partial charge in [0.15, 0.2) is 8.32 Å². The smallest absolute Gasteiger partial charge is 0.192 e. The number of benzene rings is 1. The van der Waals surface area contributed by atoms with Crippen molar-refractivity contribution in [1.82, 2.24) is 0 Å². The second-order valence-corrected chi connectivity index (χ2v) is 11.8. The average Bonchev–Trinajstić information content (AvgIpc) is 2.25. The summed E-state index contributed by atoms with van der Waals surface area (Å²) in [6, 6.07) is 5.71. The molecule has 0 spiro atoms. The molecule has 20 heavy (non-hydrogen) atoms. The summed E-state index contributed by atoms with van der Waals surface area (Å²) in [7, 11) is 4.01. The van der Waals surface area contributed by atoms with Crippen molar-refractivity contribution in [1.29, 1.82) is 0 Å². The van der Waals surface area contributed by atoms with Crippen LogP contribution in [0.25, 0.3) is 0 Å². The van der Waals surface area contributed by atoms with Crippen molar-refractivity contribution in [3.63, 3.8) is 0 Å². The summed E-state index contributed by atoms with van der Waals surface area (Å²) in [6.45, 7) is 15.9. The maximum absolute atomic E-state index is 6.28. The van der Waals surface area contributed by atoms with Gasteiger partial charge in [0.1, 0.15) is 20.2 Å². The maximum atomic E-state index is 6.28. The van der Waals surface area contributed by atoms with Crippen LogP contribution in [0.3, 0.4) is 0 Å². The van der Waals surface area contributed by atoms with E-state index < -0.39 is 8.32 Å². The summed E-state index contributed by atoms with van der Waals surface area (Å²) in [5.41, 5.74) is 1.82. The Bertz CT molecular complexity index is 452. The van der Waals surface area contributed by atoms with Gasteiger partial charge in [-0.3, -0.25) is 0 Å². The van der Waals surface area contributed by atoms with Gasteiger partial charge in [0.25, 0.3) is 0 Å². The first-order chi connectivity index (χ1) is 9.03. The largest absolute Gasteiger partial charge is 0.491 e. The van der Waals surface area contributed by atoms with E-state index in [9.17, 15) is 0 Å². The molecule has 1 aromatic rings. The molecule has 0 saturated heterocycles. The molecule has 2 nitrogen and oxygen atoms in total. The summed E-state index contributed by atoms with van der Waals surface area (Å²) in [6.07, 6.45) is 0.0906. The van der Waals surface area contributed by atoms with Crippen LogP contribution in [-0.2, 0) is 4.43 Å². The molecular weight excluding hydrogens is 263 g/mol. The fourth-order valence-corrected chi connectivity index (χ4v) is 3.18. The van der Waals surface area contributed by atoms with Crippen molar-refractivity contribution >= 4 is 21.6 Å². The van der Waals surface area contributed by atoms with Crippen LogP contribution in [0.4, 0.5) is 0 Å². The van der Waals surface area contributed by atoms with Gasteiger partial charge in [-0.15, -0.1) is 0 Å². The van der Waals surface area contributed by atoms with E-state index >= 15 is 0 Å². The van der Waals surface area contributed by atoms with Crippen LogP contribution >= 0.6 is 0 Å². The molecule has 0 aliphatic heterocycles. The highest BCUT2D eigenvalue weighted by atomic mass is 28.4. The van der Waals surface area contributed by atoms with Gasteiger partial charge >= 0.3 is 0 Å². The van der Waals surface area contributed by atoms with Crippen molar-refractivity contribution in [3.8, 4) is 5.75 Å². The van der Waals surface area contributed by atoms with E-state index in [0.29, 0.717) is 6.61 Å². The minimum Gasteiger partial charge on any atom is -0.491 e. The van der Waals surface area contributed by atoms with E-state index in [4.69, 9.17) is 17.0 Å². The van der Waals surface area contributed by atoms with Crippen molar-refractivity contribution in [2.45, 2.75) is 58.9 Å². The Hall–Kier alpha value is -0.738. The molecule has 0 heterocycles. The third kappa shape index (κ3) is 4.67. The first-order valence-corrected chi connectivity index (χ1v) is 10.1. The van der Waals surface area contributed by atoms with Crippen LogP contribution in [0.1, 0.15) is 33.3 Å². The van der Waals surface area contributed by atoms with Crippen LogP contribution in [0.15, 0.2) is 18.2 Å². The summed E-state index contributed by atoms with van der Waals surface area (Å²) < 4.78 is 12.1. The normalized spacial score (nSPS) is 14.2. The van der Waals surface area contributed by atoms with Gasteiger partial charge in [-0.2, -0.15) is 0 Å². The maximum Gasteiger partial charge on any atom is 0.192 e. The standard InChI is InChI=1S/C16H27BO2Si/c1-12-10-14(17)8-9-15(12)18-11-13(2)19-20(6,7)16(3,4)5/h8-10,13H,11H2,1-7H3. The predicted octanol–water partition coefficient (Wildman–Crippen LogP) is 3.58. The van der Waals surface area contributed by atoms with E-state index in [-0.39, 0.29) is 11.1 Å². The first-order valence-electron chi connectivity index (χ1n) is 7.19. The third-order valence-electron chi connectivity index (χ3n) is 3.97. The lowest BCUT2D eigenvalue weighted by atomic mass is 9.94. The van der Waals surface area contributed by atoms with Gasteiger partial charge < -0.3 is 9.16 Å². The first kappa shape index (κ1) is 17.3. The van der Waals surface area contributed by atoms with Crippen molar-refractivity contribution in [2.24, 2.45) is 0 Å². The number of aryl methyl sites for hydroxylation is 1. The molecule has 0 amide bonds. The Morgan fingerprint density at radius 3 is 2.35 bits per heavy atom. The molecule has 1 rings (SSSR count). The van der Waals surface area contributed by atoms with Crippen molar-refractivity contribution < 1.29 is 9.16 Å². The van der Waals surface area contributed by atoms with Gasteiger partial charge in [0, 0.05) is 0 Å². The molecule has 1 unspecified atom stereocenters. The second kappa shape index (κ2) is 6.35. The van der Waals surface area contributed by atoms with E-state index in [1.54, 1.807) is 0 Å². The summed E-state index contributed by atoms with van der Waals surface area (Å²) >= 11 is 0. The molecule has 110 valence electrons. The second-order valence-electron chi connectivity index (χ2n) is 7.02. The topological polar surface area (TPSA) is 18.5 Å². The minimum atomic E-state index is -1.73. The summed E-state index contributed by atoms with van der Waals surface area (Å²) in [4.78, 5) is 0. The Morgan fingerprint density at radius 2 is 1.85 bits per heavy atom.